The first-order chi connectivity index (χ1) is 11.8. The third-order valence-corrected chi connectivity index (χ3v) is 4.59. The van der Waals surface area contributed by atoms with Crippen molar-refractivity contribution in [1.29, 1.82) is 0 Å². The van der Waals surface area contributed by atoms with Crippen LogP contribution in [0.15, 0.2) is 54.7 Å². The van der Waals surface area contributed by atoms with E-state index in [0.717, 1.165) is 29.7 Å². The lowest BCUT2D eigenvalue weighted by Gasteiger charge is -2.26. The van der Waals surface area contributed by atoms with E-state index in [0.29, 0.717) is 13.0 Å². The normalized spacial score (nSPS) is 16.4. The summed E-state index contributed by atoms with van der Waals surface area (Å²) in [4.78, 5) is 15.6. The molecule has 0 aliphatic carbocycles. The molecule has 4 nitrogen and oxygen atoms in total. The molecule has 2 N–H and O–H groups in total. The molecular formula is C20H20N2O2. The van der Waals surface area contributed by atoms with Crippen LogP contribution in [0.2, 0.25) is 0 Å². The lowest BCUT2D eigenvalue weighted by atomic mass is 10.00. The van der Waals surface area contributed by atoms with Crippen LogP contribution < -0.4 is 10.1 Å². The SMILES string of the molecule is O=C(CCc1c[nH]c2ccccc12)N[C@@H]1CCOc2ccccc21. The summed E-state index contributed by atoms with van der Waals surface area (Å²) in [5, 5.41) is 4.35. The number of aromatic amines is 1. The van der Waals surface area contributed by atoms with Gasteiger partial charge in [0.1, 0.15) is 5.75 Å². The number of rotatable bonds is 4. The van der Waals surface area contributed by atoms with E-state index < -0.39 is 0 Å². The Morgan fingerprint density at radius 2 is 2.00 bits per heavy atom. The molecule has 0 radical (unpaired) electrons. The summed E-state index contributed by atoms with van der Waals surface area (Å²) in [6.07, 6.45) is 4.04. The predicted molar refractivity (Wildman–Crippen MR) is 94.1 cm³/mol. The van der Waals surface area contributed by atoms with Gasteiger partial charge in [0, 0.05) is 35.5 Å². The maximum absolute atomic E-state index is 12.4. The number of H-pyrrole nitrogens is 1. The molecular weight excluding hydrogens is 300 g/mol. The van der Waals surface area contributed by atoms with E-state index in [1.807, 2.05) is 42.6 Å². The highest BCUT2D eigenvalue weighted by Gasteiger charge is 2.22. The predicted octanol–water partition coefficient (Wildman–Crippen LogP) is 3.74. The van der Waals surface area contributed by atoms with Gasteiger partial charge in [-0.3, -0.25) is 4.79 Å². The first-order valence-electron chi connectivity index (χ1n) is 8.37. The van der Waals surface area contributed by atoms with Gasteiger partial charge in [0.25, 0.3) is 0 Å². The molecule has 0 saturated heterocycles. The van der Waals surface area contributed by atoms with E-state index in [4.69, 9.17) is 4.74 Å². The van der Waals surface area contributed by atoms with Gasteiger partial charge in [-0.15, -0.1) is 0 Å². The molecule has 0 fully saturated rings. The summed E-state index contributed by atoms with van der Waals surface area (Å²) in [6, 6.07) is 16.2. The molecule has 1 aromatic heterocycles. The Kier molecular flexibility index (Phi) is 3.95. The van der Waals surface area contributed by atoms with Crippen LogP contribution in [0.1, 0.15) is 30.0 Å². The quantitative estimate of drug-likeness (QED) is 0.769. The number of aryl methyl sites for hydroxylation is 1. The lowest BCUT2D eigenvalue weighted by Crippen LogP contribution is -2.32. The zero-order chi connectivity index (χ0) is 16.4. The van der Waals surface area contributed by atoms with Crippen LogP contribution in [0.4, 0.5) is 0 Å². The van der Waals surface area contributed by atoms with Crippen LogP contribution in [0, 0.1) is 0 Å². The third kappa shape index (κ3) is 2.87. The number of nitrogens with one attached hydrogen (secondary N) is 2. The van der Waals surface area contributed by atoms with Gasteiger partial charge in [0.2, 0.25) is 5.91 Å². The maximum Gasteiger partial charge on any atom is 0.220 e. The summed E-state index contributed by atoms with van der Waals surface area (Å²) >= 11 is 0. The number of aromatic nitrogens is 1. The Balaban J connectivity index is 1.41. The second kappa shape index (κ2) is 6.40. The average molecular weight is 320 g/mol. The molecule has 1 aliphatic rings. The number of benzene rings is 2. The van der Waals surface area contributed by atoms with Crippen molar-refractivity contribution in [3.05, 3.63) is 65.9 Å². The number of fused-ring (bicyclic) bond motifs is 2. The summed E-state index contributed by atoms with van der Waals surface area (Å²) in [5.41, 5.74) is 3.38. The zero-order valence-corrected chi connectivity index (χ0v) is 13.4. The number of carbonyl (C=O) groups is 1. The molecule has 4 heteroatoms. The molecule has 2 heterocycles. The first-order valence-corrected chi connectivity index (χ1v) is 8.37. The van der Waals surface area contributed by atoms with Crippen molar-refractivity contribution < 1.29 is 9.53 Å². The molecule has 24 heavy (non-hydrogen) atoms. The number of ether oxygens (including phenoxy) is 1. The molecule has 4 rings (SSSR count). The highest BCUT2D eigenvalue weighted by atomic mass is 16.5. The first kappa shape index (κ1) is 14.8. The van der Waals surface area contributed by atoms with Gasteiger partial charge in [0.15, 0.2) is 0 Å². The number of hydrogen-bond donors (Lipinski definition) is 2. The van der Waals surface area contributed by atoms with Crippen molar-refractivity contribution >= 4 is 16.8 Å². The fraction of sp³-hybridized carbons (Fsp3) is 0.250. The van der Waals surface area contributed by atoms with Gasteiger partial charge < -0.3 is 15.0 Å². The molecule has 3 aromatic rings. The molecule has 0 spiro atoms. The van der Waals surface area contributed by atoms with E-state index in [1.165, 1.54) is 10.9 Å². The minimum absolute atomic E-state index is 0.0467. The molecule has 1 atom stereocenters. The summed E-state index contributed by atoms with van der Waals surface area (Å²) in [7, 11) is 0. The Hall–Kier alpha value is -2.75. The van der Waals surface area contributed by atoms with Crippen molar-refractivity contribution in [3.8, 4) is 5.75 Å². The monoisotopic (exact) mass is 320 g/mol. The van der Waals surface area contributed by atoms with Gasteiger partial charge in [-0.05, 0) is 24.1 Å². The minimum Gasteiger partial charge on any atom is -0.493 e. The van der Waals surface area contributed by atoms with E-state index in [1.54, 1.807) is 0 Å². The Morgan fingerprint density at radius 3 is 2.96 bits per heavy atom. The van der Waals surface area contributed by atoms with E-state index in [9.17, 15) is 4.79 Å². The largest absolute Gasteiger partial charge is 0.493 e. The van der Waals surface area contributed by atoms with E-state index >= 15 is 0 Å². The Bertz CT molecular complexity index is 869. The molecule has 0 unspecified atom stereocenters. The standard InChI is InChI=1S/C20H20N2O2/c23-20(10-9-14-13-21-17-7-3-1-5-15(14)17)22-18-11-12-24-19-8-4-2-6-16(18)19/h1-8,13,18,21H,9-12H2,(H,22,23)/t18-/m1/s1. The molecule has 1 aliphatic heterocycles. The van der Waals surface area contributed by atoms with Crippen molar-refractivity contribution in [2.75, 3.05) is 6.61 Å². The second-order valence-corrected chi connectivity index (χ2v) is 6.15. The second-order valence-electron chi connectivity index (χ2n) is 6.15. The molecule has 0 saturated carbocycles. The minimum atomic E-state index is 0.0467. The molecule has 122 valence electrons. The summed E-state index contributed by atoms with van der Waals surface area (Å²) < 4.78 is 5.65. The number of amides is 1. The van der Waals surface area contributed by atoms with Crippen molar-refractivity contribution in [2.45, 2.75) is 25.3 Å². The van der Waals surface area contributed by atoms with Crippen LogP contribution in [0.25, 0.3) is 10.9 Å². The number of hydrogen-bond acceptors (Lipinski definition) is 2. The van der Waals surface area contributed by atoms with Crippen molar-refractivity contribution in [3.63, 3.8) is 0 Å². The zero-order valence-electron chi connectivity index (χ0n) is 13.4. The smallest absolute Gasteiger partial charge is 0.220 e. The Morgan fingerprint density at radius 1 is 1.17 bits per heavy atom. The van der Waals surface area contributed by atoms with E-state index in [-0.39, 0.29) is 11.9 Å². The van der Waals surface area contributed by atoms with Crippen LogP contribution in [-0.2, 0) is 11.2 Å². The highest BCUT2D eigenvalue weighted by Crippen LogP contribution is 2.31. The topological polar surface area (TPSA) is 54.1 Å². The van der Waals surface area contributed by atoms with Crippen LogP contribution in [0.3, 0.4) is 0 Å². The lowest BCUT2D eigenvalue weighted by molar-refractivity contribution is -0.122. The van der Waals surface area contributed by atoms with Gasteiger partial charge in [-0.1, -0.05) is 36.4 Å². The highest BCUT2D eigenvalue weighted by molar-refractivity contribution is 5.84. The fourth-order valence-electron chi connectivity index (χ4n) is 3.35. The average Bonchev–Trinajstić information content (AvgIpc) is 3.04. The number of carbonyl (C=O) groups excluding carboxylic acids is 1. The molecule has 0 bridgehead atoms. The number of para-hydroxylation sites is 2. The van der Waals surface area contributed by atoms with Gasteiger partial charge in [-0.25, -0.2) is 0 Å². The summed E-state index contributed by atoms with van der Waals surface area (Å²) in [6.45, 7) is 0.643. The van der Waals surface area contributed by atoms with Gasteiger partial charge >= 0.3 is 0 Å². The van der Waals surface area contributed by atoms with Crippen molar-refractivity contribution in [2.24, 2.45) is 0 Å². The molecule has 1 amide bonds. The van der Waals surface area contributed by atoms with Crippen LogP contribution >= 0.6 is 0 Å². The molecule has 2 aromatic carbocycles. The Labute approximate surface area is 140 Å². The van der Waals surface area contributed by atoms with Crippen molar-refractivity contribution in [1.82, 2.24) is 10.3 Å². The van der Waals surface area contributed by atoms with Crippen LogP contribution in [-0.4, -0.2) is 17.5 Å². The van der Waals surface area contributed by atoms with E-state index in [2.05, 4.69) is 22.4 Å². The van der Waals surface area contributed by atoms with Gasteiger partial charge in [-0.2, -0.15) is 0 Å². The maximum atomic E-state index is 12.4. The third-order valence-electron chi connectivity index (χ3n) is 4.59. The fourth-order valence-corrected chi connectivity index (χ4v) is 3.35. The summed E-state index contributed by atoms with van der Waals surface area (Å²) in [5.74, 6) is 0.965. The van der Waals surface area contributed by atoms with Crippen LogP contribution in [0.5, 0.6) is 5.75 Å². The van der Waals surface area contributed by atoms with Gasteiger partial charge in [0.05, 0.1) is 12.6 Å².